The quantitative estimate of drug-likeness (QED) is 0.837. The van der Waals surface area contributed by atoms with E-state index in [1.54, 1.807) is 14.2 Å². The van der Waals surface area contributed by atoms with Crippen LogP contribution < -0.4 is 14.8 Å². The van der Waals surface area contributed by atoms with Gasteiger partial charge in [0.1, 0.15) is 11.5 Å². The predicted octanol–water partition coefficient (Wildman–Crippen LogP) is 2.44. The number of carbonyl (C=O) groups is 1. The molecule has 1 saturated heterocycles. The van der Waals surface area contributed by atoms with Gasteiger partial charge in [0.15, 0.2) is 5.82 Å². The highest BCUT2D eigenvalue weighted by Crippen LogP contribution is 2.31. The van der Waals surface area contributed by atoms with Gasteiger partial charge in [-0.3, -0.25) is 4.79 Å². The minimum atomic E-state index is -0.0620. The molecule has 0 aliphatic carbocycles. The Balaban J connectivity index is 1.57. The second kappa shape index (κ2) is 8.78. The van der Waals surface area contributed by atoms with E-state index in [1.165, 1.54) is 0 Å². The van der Waals surface area contributed by atoms with Gasteiger partial charge < -0.3 is 19.7 Å². The number of methoxy groups -OCH3 is 2. The van der Waals surface area contributed by atoms with Gasteiger partial charge in [0.05, 0.1) is 26.7 Å². The van der Waals surface area contributed by atoms with Crippen LogP contribution in [-0.4, -0.2) is 48.1 Å². The topological polar surface area (TPSA) is 76.6 Å². The number of nitrogens with zero attached hydrogens (tertiary/aromatic N) is 3. The Labute approximate surface area is 171 Å². The highest BCUT2D eigenvalue weighted by atomic mass is 16.5. The Morgan fingerprint density at radius 2 is 2.17 bits per heavy atom. The smallest absolute Gasteiger partial charge is 0.227 e. The number of likely N-dealkylation sites (tertiary alicyclic amines) is 1. The number of piperidine rings is 1. The molecule has 1 aromatic heterocycles. The monoisotopic (exact) mass is 396 g/mol. The standard InChI is InChI=1S/C22H28N4O3/c1-28-17-6-7-20(29-2)15(11-17)12-21(27)26-10-4-3-5-19(26)22-24-14-16-13-23-9-8-18(16)25-22/h6-7,11,14,19,23H,3-5,8-10,12-13H2,1-2H3/t19-/m0/s1. The molecule has 3 heterocycles. The van der Waals surface area contributed by atoms with Crippen molar-refractivity contribution in [3.63, 3.8) is 0 Å². The fourth-order valence-electron chi connectivity index (χ4n) is 4.20. The van der Waals surface area contributed by atoms with Crippen molar-refractivity contribution in [2.75, 3.05) is 27.3 Å². The highest BCUT2D eigenvalue weighted by Gasteiger charge is 2.31. The minimum absolute atomic E-state index is 0.0620. The molecule has 1 amide bonds. The molecule has 1 atom stereocenters. The van der Waals surface area contributed by atoms with Crippen molar-refractivity contribution >= 4 is 5.91 Å². The van der Waals surface area contributed by atoms with E-state index < -0.39 is 0 Å². The van der Waals surface area contributed by atoms with Gasteiger partial charge >= 0.3 is 0 Å². The molecular formula is C22H28N4O3. The molecule has 1 fully saturated rings. The van der Waals surface area contributed by atoms with Crippen LogP contribution in [0.4, 0.5) is 0 Å². The molecule has 0 bridgehead atoms. The zero-order valence-corrected chi connectivity index (χ0v) is 17.1. The van der Waals surface area contributed by atoms with Crippen molar-refractivity contribution < 1.29 is 14.3 Å². The fourth-order valence-corrected chi connectivity index (χ4v) is 4.20. The van der Waals surface area contributed by atoms with Crippen molar-refractivity contribution in [3.05, 3.63) is 47.0 Å². The third-order valence-electron chi connectivity index (χ3n) is 5.78. The largest absolute Gasteiger partial charge is 0.497 e. The van der Waals surface area contributed by atoms with E-state index in [0.717, 1.165) is 73.7 Å². The maximum atomic E-state index is 13.3. The van der Waals surface area contributed by atoms with E-state index in [0.29, 0.717) is 5.75 Å². The number of nitrogens with one attached hydrogen (secondary N) is 1. The summed E-state index contributed by atoms with van der Waals surface area (Å²) in [5.41, 5.74) is 3.11. The number of hydrogen-bond donors (Lipinski definition) is 1. The molecule has 2 aliphatic heterocycles. The van der Waals surface area contributed by atoms with Crippen LogP contribution in [0.1, 0.15) is 47.9 Å². The highest BCUT2D eigenvalue weighted by molar-refractivity contribution is 5.80. The third-order valence-corrected chi connectivity index (χ3v) is 5.78. The zero-order valence-electron chi connectivity index (χ0n) is 17.1. The van der Waals surface area contributed by atoms with E-state index in [-0.39, 0.29) is 18.4 Å². The molecule has 7 nitrogen and oxygen atoms in total. The Morgan fingerprint density at radius 3 is 3.00 bits per heavy atom. The van der Waals surface area contributed by atoms with Gasteiger partial charge in [-0.05, 0) is 37.5 Å². The summed E-state index contributed by atoms with van der Waals surface area (Å²) in [4.78, 5) is 24.7. The lowest BCUT2D eigenvalue weighted by atomic mass is 9.99. The summed E-state index contributed by atoms with van der Waals surface area (Å²) in [5, 5.41) is 3.35. The average Bonchev–Trinajstić information content (AvgIpc) is 2.78. The maximum Gasteiger partial charge on any atom is 0.227 e. The summed E-state index contributed by atoms with van der Waals surface area (Å²) in [6, 6.07) is 5.49. The number of fused-ring (bicyclic) bond motifs is 1. The second-order valence-corrected chi connectivity index (χ2v) is 7.58. The van der Waals surface area contributed by atoms with Crippen LogP contribution >= 0.6 is 0 Å². The molecule has 154 valence electrons. The summed E-state index contributed by atoms with van der Waals surface area (Å²) >= 11 is 0. The van der Waals surface area contributed by atoms with Crippen molar-refractivity contribution in [2.24, 2.45) is 0 Å². The van der Waals surface area contributed by atoms with Crippen molar-refractivity contribution in [1.29, 1.82) is 0 Å². The van der Waals surface area contributed by atoms with Gasteiger partial charge in [0.25, 0.3) is 0 Å². The van der Waals surface area contributed by atoms with E-state index in [4.69, 9.17) is 14.5 Å². The molecule has 1 N–H and O–H groups in total. The lowest BCUT2D eigenvalue weighted by molar-refractivity contribution is -0.134. The van der Waals surface area contributed by atoms with Crippen molar-refractivity contribution in [1.82, 2.24) is 20.2 Å². The fraction of sp³-hybridized carbons (Fsp3) is 0.500. The number of aromatic nitrogens is 2. The van der Waals surface area contributed by atoms with E-state index in [9.17, 15) is 4.79 Å². The number of carbonyl (C=O) groups excluding carboxylic acids is 1. The molecule has 0 spiro atoms. The van der Waals surface area contributed by atoms with E-state index in [1.807, 2.05) is 29.3 Å². The molecule has 1 aromatic carbocycles. The molecule has 29 heavy (non-hydrogen) atoms. The van der Waals surface area contributed by atoms with E-state index in [2.05, 4.69) is 10.3 Å². The first kappa shape index (κ1) is 19.6. The molecule has 2 aliphatic rings. The summed E-state index contributed by atoms with van der Waals surface area (Å²) in [5.74, 6) is 2.27. The number of hydrogen-bond acceptors (Lipinski definition) is 6. The van der Waals surface area contributed by atoms with Gasteiger partial charge in [-0.25, -0.2) is 9.97 Å². The summed E-state index contributed by atoms with van der Waals surface area (Å²) in [7, 11) is 3.24. The Bertz CT molecular complexity index is 886. The average molecular weight is 396 g/mol. The van der Waals surface area contributed by atoms with Gasteiger partial charge in [0, 0.05) is 49.1 Å². The number of ether oxygens (including phenoxy) is 2. The van der Waals surface area contributed by atoms with Crippen LogP contribution in [0.2, 0.25) is 0 Å². The first-order valence-electron chi connectivity index (χ1n) is 10.3. The Morgan fingerprint density at radius 1 is 1.28 bits per heavy atom. The molecule has 0 radical (unpaired) electrons. The lowest BCUT2D eigenvalue weighted by Crippen LogP contribution is -2.40. The molecule has 0 unspecified atom stereocenters. The molecule has 4 rings (SSSR count). The molecular weight excluding hydrogens is 368 g/mol. The van der Waals surface area contributed by atoms with Gasteiger partial charge in [-0.15, -0.1) is 0 Å². The maximum absolute atomic E-state index is 13.3. The predicted molar refractivity (Wildman–Crippen MR) is 109 cm³/mol. The van der Waals surface area contributed by atoms with Crippen LogP contribution in [0.15, 0.2) is 24.4 Å². The minimum Gasteiger partial charge on any atom is -0.497 e. The van der Waals surface area contributed by atoms with Crippen LogP contribution in [0.25, 0.3) is 0 Å². The second-order valence-electron chi connectivity index (χ2n) is 7.58. The van der Waals surface area contributed by atoms with Crippen LogP contribution in [-0.2, 0) is 24.2 Å². The van der Waals surface area contributed by atoms with Crippen molar-refractivity contribution in [2.45, 2.75) is 44.7 Å². The van der Waals surface area contributed by atoms with Crippen molar-refractivity contribution in [3.8, 4) is 11.5 Å². The van der Waals surface area contributed by atoms with Gasteiger partial charge in [-0.2, -0.15) is 0 Å². The third kappa shape index (κ3) is 4.19. The summed E-state index contributed by atoms with van der Waals surface area (Å²) in [6.07, 6.45) is 6.09. The van der Waals surface area contributed by atoms with Gasteiger partial charge in [-0.1, -0.05) is 0 Å². The molecule has 7 heteroatoms. The van der Waals surface area contributed by atoms with Crippen LogP contribution in [0.3, 0.4) is 0 Å². The Kier molecular flexibility index (Phi) is 5.94. The number of benzene rings is 1. The summed E-state index contributed by atoms with van der Waals surface area (Å²) < 4.78 is 10.8. The SMILES string of the molecule is COc1ccc(OC)c(CC(=O)N2CCCC[C@H]2c2ncc3c(n2)CCNC3)c1. The molecule has 2 aromatic rings. The van der Waals surface area contributed by atoms with Gasteiger partial charge in [0.2, 0.25) is 5.91 Å². The lowest BCUT2D eigenvalue weighted by Gasteiger charge is -2.35. The molecule has 0 saturated carbocycles. The first-order chi connectivity index (χ1) is 14.2. The normalized spacial score (nSPS) is 18.8. The van der Waals surface area contributed by atoms with Crippen LogP contribution in [0.5, 0.6) is 11.5 Å². The first-order valence-corrected chi connectivity index (χ1v) is 10.3. The van der Waals surface area contributed by atoms with E-state index >= 15 is 0 Å². The number of amides is 1. The summed E-state index contributed by atoms with van der Waals surface area (Å²) in [6.45, 7) is 2.49. The van der Waals surface area contributed by atoms with Crippen LogP contribution in [0, 0.1) is 0 Å². The Hall–Kier alpha value is -2.67. The zero-order chi connectivity index (χ0) is 20.2. The number of rotatable bonds is 5.